The van der Waals surface area contributed by atoms with E-state index in [0.29, 0.717) is 24.7 Å². The van der Waals surface area contributed by atoms with Crippen molar-refractivity contribution < 1.29 is 23.2 Å². The SMILES string of the molecule is O=C(COc1ccccc1)NCc1nc([C@H]2CC(=O)N(Cc3ccc(F)cc3)C2)no1. The lowest BCUT2D eigenvalue weighted by molar-refractivity contribution is -0.128. The van der Waals surface area contributed by atoms with Crippen LogP contribution in [0.15, 0.2) is 59.1 Å². The molecule has 2 aromatic carbocycles. The van der Waals surface area contributed by atoms with Crippen molar-refractivity contribution in [3.05, 3.63) is 77.7 Å². The predicted molar refractivity (Wildman–Crippen MR) is 107 cm³/mol. The highest BCUT2D eigenvalue weighted by atomic mass is 19.1. The van der Waals surface area contributed by atoms with Crippen molar-refractivity contribution in [3.8, 4) is 5.75 Å². The second-order valence-electron chi connectivity index (χ2n) is 7.23. The smallest absolute Gasteiger partial charge is 0.258 e. The number of hydrogen-bond donors (Lipinski definition) is 1. The fourth-order valence-electron chi connectivity index (χ4n) is 3.30. The van der Waals surface area contributed by atoms with Crippen LogP contribution < -0.4 is 10.1 Å². The lowest BCUT2D eigenvalue weighted by Crippen LogP contribution is -2.28. The zero-order valence-electron chi connectivity index (χ0n) is 16.7. The Labute approximate surface area is 178 Å². The summed E-state index contributed by atoms with van der Waals surface area (Å²) in [6, 6.07) is 15.1. The maximum atomic E-state index is 13.1. The number of hydrogen-bond acceptors (Lipinski definition) is 6. The first-order valence-corrected chi connectivity index (χ1v) is 9.86. The first-order chi connectivity index (χ1) is 15.1. The molecule has 31 heavy (non-hydrogen) atoms. The highest BCUT2D eigenvalue weighted by molar-refractivity contribution is 5.79. The van der Waals surface area contributed by atoms with Gasteiger partial charge < -0.3 is 19.5 Å². The third-order valence-corrected chi connectivity index (χ3v) is 4.90. The van der Waals surface area contributed by atoms with Crippen LogP contribution in [0, 0.1) is 5.82 Å². The molecule has 3 aromatic rings. The molecule has 4 rings (SSSR count). The van der Waals surface area contributed by atoms with E-state index in [0.717, 1.165) is 5.56 Å². The minimum absolute atomic E-state index is 0.0213. The molecule has 0 bridgehead atoms. The summed E-state index contributed by atoms with van der Waals surface area (Å²) in [6.45, 7) is 0.800. The molecule has 1 aliphatic rings. The Morgan fingerprint density at radius 3 is 2.74 bits per heavy atom. The average molecular weight is 424 g/mol. The third-order valence-electron chi connectivity index (χ3n) is 4.90. The molecule has 0 spiro atoms. The van der Waals surface area contributed by atoms with Crippen LogP contribution in [-0.2, 0) is 22.7 Å². The molecule has 1 N–H and O–H groups in total. The lowest BCUT2D eigenvalue weighted by atomic mass is 10.1. The van der Waals surface area contributed by atoms with E-state index in [4.69, 9.17) is 9.26 Å². The predicted octanol–water partition coefficient (Wildman–Crippen LogP) is 2.42. The fourth-order valence-corrected chi connectivity index (χ4v) is 3.30. The van der Waals surface area contributed by atoms with E-state index in [-0.39, 0.29) is 49.0 Å². The van der Waals surface area contributed by atoms with Crippen molar-refractivity contribution in [1.29, 1.82) is 0 Å². The largest absolute Gasteiger partial charge is 0.484 e. The number of amides is 2. The van der Waals surface area contributed by atoms with Crippen molar-refractivity contribution in [2.45, 2.75) is 25.4 Å². The van der Waals surface area contributed by atoms with Crippen LogP contribution in [-0.4, -0.2) is 40.0 Å². The van der Waals surface area contributed by atoms with E-state index in [1.807, 2.05) is 18.2 Å². The van der Waals surface area contributed by atoms with E-state index < -0.39 is 0 Å². The Bertz CT molecular complexity index is 1040. The summed E-state index contributed by atoms with van der Waals surface area (Å²) in [6.07, 6.45) is 0.275. The van der Waals surface area contributed by atoms with Gasteiger partial charge in [0.25, 0.3) is 5.91 Å². The molecule has 0 saturated carbocycles. The van der Waals surface area contributed by atoms with Gasteiger partial charge in [0.15, 0.2) is 12.4 Å². The summed E-state index contributed by atoms with van der Waals surface area (Å²) in [5.41, 5.74) is 0.852. The number of para-hydroxylation sites is 1. The maximum absolute atomic E-state index is 13.1. The molecule has 1 atom stereocenters. The molecule has 0 unspecified atom stereocenters. The molecule has 1 fully saturated rings. The summed E-state index contributed by atoms with van der Waals surface area (Å²) < 4.78 is 23.6. The third kappa shape index (κ3) is 5.44. The zero-order valence-corrected chi connectivity index (χ0v) is 16.7. The Balaban J connectivity index is 1.26. The fraction of sp³-hybridized carbons (Fsp3) is 0.273. The molecule has 2 amide bonds. The number of carbonyl (C=O) groups is 2. The number of nitrogens with zero attached hydrogens (tertiary/aromatic N) is 3. The Kier molecular flexibility index (Phi) is 6.21. The van der Waals surface area contributed by atoms with Gasteiger partial charge >= 0.3 is 0 Å². The van der Waals surface area contributed by atoms with Gasteiger partial charge in [-0.15, -0.1) is 0 Å². The summed E-state index contributed by atoms with van der Waals surface area (Å²) in [5, 5.41) is 6.62. The highest BCUT2D eigenvalue weighted by Crippen LogP contribution is 2.27. The zero-order chi connectivity index (χ0) is 21.6. The number of rotatable bonds is 8. The van der Waals surface area contributed by atoms with Gasteiger partial charge in [0.05, 0.1) is 6.54 Å². The molecule has 8 nitrogen and oxygen atoms in total. The number of nitrogens with one attached hydrogen (secondary N) is 1. The van der Waals surface area contributed by atoms with E-state index in [2.05, 4.69) is 15.5 Å². The van der Waals surface area contributed by atoms with Crippen molar-refractivity contribution in [1.82, 2.24) is 20.4 Å². The lowest BCUT2D eigenvalue weighted by Gasteiger charge is -2.16. The van der Waals surface area contributed by atoms with Crippen LogP contribution in [0.25, 0.3) is 0 Å². The number of carbonyl (C=O) groups excluding carboxylic acids is 2. The van der Waals surface area contributed by atoms with Crippen LogP contribution in [0.1, 0.15) is 29.6 Å². The average Bonchev–Trinajstić information content (AvgIpc) is 3.40. The molecular formula is C22H21FN4O4. The Hall–Kier alpha value is -3.75. The molecule has 0 aliphatic carbocycles. The van der Waals surface area contributed by atoms with E-state index in [1.165, 1.54) is 12.1 Å². The number of benzene rings is 2. The quantitative estimate of drug-likeness (QED) is 0.597. The van der Waals surface area contributed by atoms with E-state index in [1.54, 1.807) is 29.2 Å². The summed E-state index contributed by atoms with van der Waals surface area (Å²) in [4.78, 5) is 30.3. The van der Waals surface area contributed by atoms with Gasteiger partial charge in [-0.3, -0.25) is 9.59 Å². The first-order valence-electron chi connectivity index (χ1n) is 9.86. The van der Waals surface area contributed by atoms with Crippen molar-refractivity contribution in [2.24, 2.45) is 0 Å². The van der Waals surface area contributed by atoms with Crippen LogP contribution in [0.4, 0.5) is 4.39 Å². The van der Waals surface area contributed by atoms with Crippen LogP contribution in [0.2, 0.25) is 0 Å². The summed E-state index contributed by atoms with van der Waals surface area (Å²) >= 11 is 0. The Morgan fingerprint density at radius 2 is 1.97 bits per heavy atom. The van der Waals surface area contributed by atoms with Gasteiger partial charge in [0, 0.05) is 25.4 Å². The van der Waals surface area contributed by atoms with Crippen molar-refractivity contribution >= 4 is 11.8 Å². The molecule has 1 saturated heterocycles. The molecule has 0 radical (unpaired) electrons. The second kappa shape index (κ2) is 9.38. The maximum Gasteiger partial charge on any atom is 0.258 e. The van der Waals surface area contributed by atoms with Gasteiger partial charge in [-0.25, -0.2) is 4.39 Å². The second-order valence-corrected chi connectivity index (χ2v) is 7.23. The van der Waals surface area contributed by atoms with Gasteiger partial charge in [-0.05, 0) is 29.8 Å². The molecule has 9 heteroatoms. The standard InChI is InChI=1S/C22H21FN4O4/c23-17-8-6-15(7-9-17)12-27-13-16(10-21(27)29)22-25-20(31-26-22)11-24-19(28)14-30-18-4-2-1-3-5-18/h1-9,16H,10-14H2,(H,24,28)/t16-/m0/s1. The van der Waals surface area contributed by atoms with Crippen LogP contribution >= 0.6 is 0 Å². The van der Waals surface area contributed by atoms with Gasteiger partial charge in [0.2, 0.25) is 11.8 Å². The normalized spacial score (nSPS) is 15.8. The Morgan fingerprint density at radius 1 is 1.19 bits per heavy atom. The molecule has 2 heterocycles. The van der Waals surface area contributed by atoms with Crippen molar-refractivity contribution in [3.63, 3.8) is 0 Å². The van der Waals surface area contributed by atoms with E-state index >= 15 is 0 Å². The highest BCUT2D eigenvalue weighted by Gasteiger charge is 2.33. The number of halogens is 1. The number of likely N-dealkylation sites (tertiary alicyclic amines) is 1. The minimum atomic E-state index is -0.315. The summed E-state index contributed by atoms with van der Waals surface area (Å²) in [5.74, 6) is 0.452. The molecule has 160 valence electrons. The van der Waals surface area contributed by atoms with Crippen LogP contribution in [0.3, 0.4) is 0 Å². The molecule has 1 aromatic heterocycles. The van der Waals surface area contributed by atoms with Gasteiger partial charge in [0.1, 0.15) is 11.6 Å². The van der Waals surface area contributed by atoms with Gasteiger partial charge in [-0.2, -0.15) is 4.98 Å². The topological polar surface area (TPSA) is 97.6 Å². The first kappa shape index (κ1) is 20.5. The van der Waals surface area contributed by atoms with Crippen LogP contribution in [0.5, 0.6) is 5.75 Å². The number of aromatic nitrogens is 2. The molecule has 1 aliphatic heterocycles. The van der Waals surface area contributed by atoms with Crippen molar-refractivity contribution in [2.75, 3.05) is 13.2 Å². The molecular weight excluding hydrogens is 403 g/mol. The monoisotopic (exact) mass is 424 g/mol. The summed E-state index contributed by atoms with van der Waals surface area (Å²) in [7, 11) is 0. The van der Waals surface area contributed by atoms with E-state index in [9.17, 15) is 14.0 Å². The van der Waals surface area contributed by atoms with Gasteiger partial charge in [-0.1, -0.05) is 35.5 Å². The number of ether oxygens (including phenoxy) is 1. The minimum Gasteiger partial charge on any atom is -0.484 e.